The first-order valence-electron chi connectivity index (χ1n) is 10.9. The van der Waals surface area contributed by atoms with Crippen LogP contribution in [0, 0.1) is 0 Å². The van der Waals surface area contributed by atoms with Crippen molar-refractivity contribution in [2.24, 2.45) is 0 Å². The van der Waals surface area contributed by atoms with Crippen LogP contribution in [-0.2, 0) is 14.4 Å². The van der Waals surface area contributed by atoms with Crippen LogP contribution < -0.4 is 0 Å². The predicted molar refractivity (Wildman–Crippen MR) is 106 cm³/mol. The minimum atomic E-state index is -0.704. The molecule has 0 aromatic carbocycles. The van der Waals surface area contributed by atoms with Crippen LogP contribution in [-0.4, -0.2) is 22.6 Å². The third-order valence-corrected chi connectivity index (χ3v) is 4.86. The molecule has 1 N–H and O–H groups in total. The number of unbranched alkanes of at least 4 members (excludes halogenated alkanes) is 13. The smallest absolute Gasteiger partial charge is 0.303 e. The summed E-state index contributed by atoms with van der Waals surface area (Å²) in [6.07, 6.45) is 17.3. The number of carbonyl (C=O) groups excluding carboxylic acids is 2. The van der Waals surface area contributed by atoms with Crippen molar-refractivity contribution in [3.63, 3.8) is 0 Å². The standard InChI is InChI=1S/C22H40O4/c1-2-3-4-5-11-14-17-20(23)21(24)18-15-12-9-7-6-8-10-13-16-19-22(25)26/h2-19H2,1H3,(H,25,26). The van der Waals surface area contributed by atoms with Crippen LogP contribution >= 0.6 is 0 Å². The Balaban J connectivity index is 3.34. The Bertz CT molecular complexity index is 376. The first-order valence-corrected chi connectivity index (χ1v) is 10.9. The molecule has 4 nitrogen and oxygen atoms in total. The normalized spacial score (nSPS) is 10.8. The maximum absolute atomic E-state index is 11.8. The highest BCUT2D eigenvalue weighted by Crippen LogP contribution is 2.12. The molecule has 0 aromatic rings. The number of carboxylic acid groups (broad SMARTS) is 1. The maximum atomic E-state index is 11.8. The van der Waals surface area contributed by atoms with E-state index in [-0.39, 0.29) is 18.0 Å². The van der Waals surface area contributed by atoms with Crippen molar-refractivity contribution in [2.75, 3.05) is 0 Å². The topological polar surface area (TPSA) is 71.4 Å². The van der Waals surface area contributed by atoms with Crippen molar-refractivity contribution >= 4 is 17.5 Å². The molecule has 0 saturated carbocycles. The van der Waals surface area contributed by atoms with Crippen LogP contribution in [0.3, 0.4) is 0 Å². The second-order valence-corrected chi connectivity index (χ2v) is 7.44. The van der Waals surface area contributed by atoms with Gasteiger partial charge in [-0.15, -0.1) is 0 Å². The van der Waals surface area contributed by atoms with Crippen molar-refractivity contribution in [2.45, 2.75) is 122 Å². The highest BCUT2D eigenvalue weighted by molar-refractivity contribution is 6.37. The second-order valence-electron chi connectivity index (χ2n) is 7.44. The van der Waals surface area contributed by atoms with Crippen LogP contribution in [0.15, 0.2) is 0 Å². The molecule has 0 bridgehead atoms. The number of carbonyl (C=O) groups is 3. The summed E-state index contributed by atoms with van der Waals surface area (Å²) in [5.41, 5.74) is 0. The zero-order valence-electron chi connectivity index (χ0n) is 16.9. The fourth-order valence-corrected chi connectivity index (χ4v) is 3.14. The van der Waals surface area contributed by atoms with Gasteiger partial charge in [-0.05, 0) is 19.3 Å². The van der Waals surface area contributed by atoms with Crippen molar-refractivity contribution in [3.05, 3.63) is 0 Å². The first kappa shape index (κ1) is 24.8. The number of aliphatic carboxylic acids is 1. The molecule has 0 amide bonds. The van der Waals surface area contributed by atoms with Gasteiger partial charge in [-0.1, -0.05) is 84.0 Å². The molecule has 0 spiro atoms. The van der Waals surface area contributed by atoms with E-state index in [9.17, 15) is 14.4 Å². The lowest BCUT2D eigenvalue weighted by Gasteiger charge is -2.03. The van der Waals surface area contributed by atoms with Gasteiger partial charge in [0.2, 0.25) is 0 Å². The van der Waals surface area contributed by atoms with E-state index >= 15 is 0 Å². The number of rotatable bonds is 20. The van der Waals surface area contributed by atoms with E-state index < -0.39 is 5.97 Å². The molecule has 0 aliphatic heterocycles. The van der Waals surface area contributed by atoms with Crippen LogP contribution in [0.5, 0.6) is 0 Å². The van der Waals surface area contributed by atoms with Gasteiger partial charge in [0.15, 0.2) is 11.6 Å². The van der Waals surface area contributed by atoms with Crippen LogP contribution in [0.1, 0.15) is 122 Å². The molecule has 0 aliphatic carbocycles. The number of hydrogen-bond donors (Lipinski definition) is 1. The molecule has 26 heavy (non-hydrogen) atoms. The molecule has 0 aliphatic rings. The molecule has 0 unspecified atom stereocenters. The highest BCUT2D eigenvalue weighted by Gasteiger charge is 2.12. The Morgan fingerprint density at radius 2 is 0.808 bits per heavy atom. The zero-order chi connectivity index (χ0) is 19.5. The number of ketones is 2. The summed E-state index contributed by atoms with van der Waals surface area (Å²) in [5, 5.41) is 8.55. The fraction of sp³-hybridized carbons (Fsp3) is 0.864. The van der Waals surface area contributed by atoms with Gasteiger partial charge < -0.3 is 5.11 Å². The minimum Gasteiger partial charge on any atom is -0.481 e. The van der Waals surface area contributed by atoms with E-state index in [1.165, 1.54) is 38.5 Å². The molecule has 4 heteroatoms. The maximum Gasteiger partial charge on any atom is 0.303 e. The molecule has 0 rings (SSSR count). The number of carboxylic acids is 1. The average Bonchev–Trinajstić information content (AvgIpc) is 2.61. The summed E-state index contributed by atoms with van der Waals surface area (Å²) in [6, 6.07) is 0. The summed E-state index contributed by atoms with van der Waals surface area (Å²) >= 11 is 0. The molecule has 0 radical (unpaired) electrons. The number of hydrogen-bond acceptors (Lipinski definition) is 3. The molecule has 0 saturated heterocycles. The van der Waals surface area contributed by atoms with E-state index in [1.807, 2.05) is 0 Å². The lowest BCUT2D eigenvalue weighted by Crippen LogP contribution is -2.13. The second kappa shape index (κ2) is 18.6. The molecule has 0 heterocycles. The van der Waals surface area contributed by atoms with E-state index in [4.69, 9.17) is 5.11 Å². The third-order valence-electron chi connectivity index (χ3n) is 4.86. The van der Waals surface area contributed by atoms with Crippen LogP contribution in [0.4, 0.5) is 0 Å². The molecular formula is C22H40O4. The Kier molecular flexibility index (Phi) is 17.7. The Morgan fingerprint density at radius 3 is 1.15 bits per heavy atom. The Morgan fingerprint density at radius 1 is 0.500 bits per heavy atom. The molecule has 0 aromatic heterocycles. The van der Waals surface area contributed by atoms with Gasteiger partial charge in [0.1, 0.15) is 0 Å². The lowest BCUT2D eigenvalue weighted by atomic mass is 10.0. The van der Waals surface area contributed by atoms with E-state index in [0.29, 0.717) is 12.8 Å². The number of Topliss-reactive ketones (excluding diaryl/α,β-unsaturated/α-hetero) is 2. The molecule has 152 valence electrons. The third kappa shape index (κ3) is 17.6. The molecular weight excluding hydrogens is 328 g/mol. The zero-order valence-corrected chi connectivity index (χ0v) is 16.9. The van der Waals surface area contributed by atoms with Crippen molar-refractivity contribution in [3.8, 4) is 0 Å². The van der Waals surface area contributed by atoms with Gasteiger partial charge in [0.25, 0.3) is 0 Å². The fourth-order valence-electron chi connectivity index (χ4n) is 3.14. The lowest BCUT2D eigenvalue weighted by molar-refractivity contribution is -0.137. The van der Waals surface area contributed by atoms with Crippen molar-refractivity contribution in [1.82, 2.24) is 0 Å². The predicted octanol–water partition coefficient (Wildman–Crippen LogP) is 6.25. The van der Waals surface area contributed by atoms with Gasteiger partial charge in [0.05, 0.1) is 0 Å². The van der Waals surface area contributed by atoms with Gasteiger partial charge in [0, 0.05) is 19.3 Å². The highest BCUT2D eigenvalue weighted by atomic mass is 16.4. The quantitative estimate of drug-likeness (QED) is 0.204. The Hall–Kier alpha value is -1.19. The summed E-state index contributed by atoms with van der Waals surface area (Å²) in [7, 11) is 0. The summed E-state index contributed by atoms with van der Waals surface area (Å²) in [5.74, 6) is -1.04. The van der Waals surface area contributed by atoms with E-state index in [0.717, 1.165) is 57.8 Å². The molecule has 0 atom stereocenters. The minimum absolute atomic E-state index is 0.165. The summed E-state index contributed by atoms with van der Waals surface area (Å²) in [6.45, 7) is 2.19. The van der Waals surface area contributed by atoms with Gasteiger partial charge in [-0.3, -0.25) is 14.4 Å². The molecule has 0 fully saturated rings. The SMILES string of the molecule is CCCCCCCCC(=O)C(=O)CCCCCCCCCCCC(=O)O. The van der Waals surface area contributed by atoms with E-state index in [2.05, 4.69) is 6.92 Å². The van der Waals surface area contributed by atoms with E-state index in [1.54, 1.807) is 0 Å². The summed E-state index contributed by atoms with van der Waals surface area (Å²) < 4.78 is 0. The van der Waals surface area contributed by atoms with Gasteiger partial charge >= 0.3 is 5.97 Å². The van der Waals surface area contributed by atoms with Crippen LogP contribution in [0.25, 0.3) is 0 Å². The van der Waals surface area contributed by atoms with Crippen molar-refractivity contribution in [1.29, 1.82) is 0 Å². The first-order chi connectivity index (χ1) is 12.6. The van der Waals surface area contributed by atoms with Gasteiger partial charge in [-0.25, -0.2) is 0 Å². The average molecular weight is 369 g/mol. The van der Waals surface area contributed by atoms with Crippen LogP contribution in [0.2, 0.25) is 0 Å². The Labute approximate surface area is 160 Å². The van der Waals surface area contributed by atoms with Crippen molar-refractivity contribution < 1.29 is 19.5 Å². The summed E-state index contributed by atoms with van der Waals surface area (Å²) in [4.78, 5) is 34.0. The monoisotopic (exact) mass is 368 g/mol. The van der Waals surface area contributed by atoms with Gasteiger partial charge in [-0.2, -0.15) is 0 Å². The largest absolute Gasteiger partial charge is 0.481 e.